The van der Waals surface area contributed by atoms with Crippen LogP contribution in [0.2, 0.25) is 0 Å². The van der Waals surface area contributed by atoms with E-state index in [9.17, 15) is 0 Å². The molecule has 1 atom stereocenters. The van der Waals surface area contributed by atoms with Crippen molar-refractivity contribution in [1.29, 1.82) is 0 Å². The Hall–Kier alpha value is -9.32. The van der Waals surface area contributed by atoms with Crippen LogP contribution in [0.3, 0.4) is 0 Å². The molecule has 0 bridgehead atoms. The fourth-order valence-electron chi connectivity index (χ4n) is 10.2. The van der Waals surface area contributed by atoms with Gasteiger partial charge in [0.2, 0.25) is 0 Å². The first-order valence-corrected chi connectivity index (χ1v) is 24.5. The van der Waals surface area contributed by atoms with Gasteiger partial charge in [0.25, 0.3) is 0 Å². The zero-order valence-electron chi connectivity index (χ0n) is 40.2. The maximum atomic E-state index is 5.12. The van der Waals surface area contributed by atoms with Crippen molar-refractivity contribution in [3.63, 3.8) is 0 Å². The monoisotopic (exact) mass is 925 g/mol. The van der Waals surface area contributed by atoms with Gasteiger partial charge in [-0.2, -0.15) is 0 Å². The van der Waals surface area contributed by atoms with Crippen molar-refractivity contribution >= 4 is 0 Å². The Labute approximate surface area is 421 Å². The van der Waals surface area contributed by atoms with Crippen LogP contribution in [0.15, 0.2) is 262 Å². The van der Waals surface area contributed by atoms with Gasteiger partial charge in [-0.05, 0) is 119 Å². The van der Waals surface area contributed by atoms with Gasteiger partial charge in [0.05, 0.1) is 5.69 Å². The molecule has 1 unspecified atom stereocenters. The van der Waals surface area contributed by atoms with Crippen LogP contribution in [-0.4, -0.2) is 26.5 Å². The predicted octanol–water partition coefficient (Wildman–Crippen LogP) is 16.5. The molecule has 0 aliphatic carbocycles. The summed E-state index contributed by atoms with van der Waals surface area (Å²) >= 11 is 0. The summed E-state index contributed by atoms with van der Waals surface area (Å²) in [6.07, 6.45) is 10.1. The van der Waals surface area contributed by atoms with Gasteiger partial charge in [0.15, 0.2) is 0 Å². The van der Waals surface area contributed by atoms with Crippen LogP contribution in [0.25, 0.3) is 112 Å². The largest absolute Gasteiger partial charge is 0.366 e. The van der Waals surface area contributed by atoms with E-state index in [0.29, 0.717) is 0 Å². The van der Waals surface area contributed by atoms with Crippen LogP contribution >= 0.6 is 0 Å². The van der Waals surface area contributed by atoms with E-state index in [4.69, 9.17) is 4.98 Å². The van der Waals surface area contributed by atoms with Gasteiger partial charge in [-0.25, -0.2) is 4.98 Å². The normalized spacial score (nSPS) is 13.0. The third kappa shape index (κ3) is 8.69. The third-order valence-corrected chi connectivity index (χ3v) is 14.0. The molecule has 344 valence electrons. The molecule has 0 fully saturated rings. The Morgan fingerprint density at radius 2 is 0.792 bits per heavy atom. The fourth-order valence-corrected chi connectivity index (χ4v) is 10.2. The smallest absolute Gasteiger partial charge is 0.139 e. The second kappa shape index (κ2) is 19.2. The Morgan fingerprint density at radius 3 is 1.31 bits per heavy atom. The minimum absolute atomic E-state index is 0.117. The zero-order chi connectivity index (χ0) is 48.4. The molecule has 0 saturated heterocycles. The van der Waals surface area contributed by atoms with Gasteiger partial charge < -0.3 is 14.8 Å². The Kier molecular flexibility index (Phi) is 11.7. The lowest BCUT2D eigenvalue weighted by atomic mass is 9.86. The minimum atomic E-state index is 0.117. The Balaban J connectivity index is 0.930. The average molecular weight is 926 g/mol. The second-order valence-corrected chi connectivity index (χ2v) is 18.5. The first-order chi connectivity index (χ1) is 35.5. The van der Waals surface area contributed by atoms with Crippen molar-refractivity contribution in [2.45, 2.75) is 6.17 Å². The summed E-state index contributed by atoms with van der Waals surface area (Å²) in [5, 5.41) is 3.47. The van der Waals surface area contributed by atoms with Gasteiger partial charge in [-0.15, -0.1) is 0 Å². The van der Waals surface area contributed by atoms with E-state index >= 15 is 0 Å². The molecule has 0 spiro atoms. The van der Waals surface area contributed by atoms with Crippen LogP contribution in [0, 0.1) is 0 Å². The number of aromatic nitrogens is 3. The summed E-state index contributed by atoms with van der Waals surface area (Å²) in [4.78, 5) is 11.9. The molecule has 2 aromatic heterocycles. The summed E-state index contributed by atoms with van der Waals surface area (Å²) in [5.41, 5.74) is 22.8. The molecule has 5 nitrogen and oxygen atoms in total. The maximum absolute atomic E-state index is 5.12. The summed E-state index contributed by atoms with van der Waals surface area (Å²) in [6, 6.07) is 83.5. The molecule has 5 heteroatoms. The maximum Gasteiger partial charge on any atom is 0.139 e. The first kappa shape index (κ1) is 43.9. The third-order valence-electron chi connectivity index (χ3n) is 14.0. The van der Waals surface area contributed by atoms with Crippen LogP contribution < -0.4 is 5.32 Å². The standard InChI is InChI=1S/C67H51N5/c1-71-39-37-68-66(71)51-31-27-49(28-32-51)59-17-6-9-20-62(59)56-42-57(63-21-10-7-18-60(63)50-29-33-52(34-30-50)67-69-38-40-72(67)2)44-58(43-56)64-22-11-8-19-61(64)55-35-36-65(70-45-55)54-16-12-15-53(41-54)48-25-23-47(24-26-48)46-13-4-3-5-14-46/h3-45,66,68H,1-2H3. The van der Waals surface area contributed by atoms with Gasteiger partial charge in [-0.3, -0.25) is 4.98 Å². The highest BCUT2D eigenvalue weighted by Gasteiger charge is 2.19. The van der Waals surface area contributed by atoms with Crippen LogP contribution in [0.1, 0.15) is 11.7 Å². The molecule has 1 aliphatic heterocycles. The first-order valence-electron chi connectivity index (χ1n) is 24.5. The number of rotatable bonds is 11. The Bertz CT molecular complexity index is 3720. The van der Waals surface area contributed by atoms with Crippen LogP contribution in [-0.2, 0) is 7.05 Å². The number of imidazole rings is 1. The van der Waals surface area contributed by atoms with Gasteiger partial charge in [-0.1, -0.05) is 200 Å². The highest BCUT2D eigenvalue weighted by Crippen LogP contribution is 2.43. The molecule has 0 amide bonds. The van der Waals surface area contributed by atoms with E-state index in [1.54, 1.807) is 0 Å². The van der Waals surface area contributed by atoms with E-state index in [2.05, 4.69) is 264 Å². The van der Waals surface area contributed by atoms with E-state index in [0.717, 1.165) is 78.3 Å². The van der Waals surface area contributed by atoms with Crippen molar-refractivity contribution in [2.24, 2.45) is 7.05 Å². The Morgan fingerprint density at radius 1 is 0.361 bits per heavy atom. The number of aryl methyl sites for hydroxylation is 1. The van der Waals surface area contributed by atoms with Crippen molar-refractivity contribution in [2.75, 3.05) is 7.05 Å². The van der Waals surface area contributed by atoms with Crippen molar-refractivity contribution in [3.05, 3.63) is 267 Å². The number of pyridine rings is 1. The van der Waals surface area contributed by atoms with Crippen molar-refractivity contribution in [1.82, 2.24) is 24.8 Å². The summed E-state index contributed by atoms with van der Waals surface area (Å²) in [5.74, 6) is 0.943. The lowest BCUT2D eigenvalue weighted by Crippen LogP contribution is -2.23. The molecule has 12 rings (SSSR count). The minimum Gasteiger partial charge on any atom is -0.366 e. The molecule has 0 radical (unpaired) electrons. The fraction of sp³-hybridized carbons (Fsp3) is 0.0448. The molecule has 0 saturated carbocycles. The number of hydrogen-bond donors (Lipinski definition) is 1. The highest BCUT2D eigenvalue weighted by atomic mass is 15.3. The SMILES string of the molecule is CN1C=CNC1c1ccc(-c2ccccc2-c2cc(-c3ccccc3-c3ccc(-c4nccn4C)cc3)cc(-c3ccccc3-c3ccc(-c4cccc(-c5ccc(-c6ccccc6)cc5)c4)nc3)c2)cc1. The number of nitrogens with one attached hydrogen (secondary N) is 1. The number of benzene rings is 9. The van der Waals surface area contributed by atoms with Crippen LogP contribution in [0.5, 0.6) is 0 Å². The van der Waals surface area contributed by atoms with E-state index in [1.165, 1.54) is 38.9 Å². The second-order valence-electron chi connectivity index (χ2n) is 18.5. The summed E-state index contributed by atoms with van der Waals surface area (Å²) in [6.45, 7) is 0. The quantitative estimate of drug-likeness (QED) is 0.140. The topological polar surface area (TPSA) is 46.0 Å². The average Bonchev–Trinajstić information content (AvgIpc) is 4.10. The van der Waals surface area contributed by atoms with Gasteiger partial charge >= 0.3 is 0 Å². The van der Waals surface area contributed by atoms with Gasteiger partial charge in [0.1, 0.15) is 12.0 Å². The van der Waals surface area contributed by atoms with Crippen molar-refractivity contribution < 1.29 is 0 Å². The molecule has 9 aromatic carbocycles. The summed E-state index contributed by atoms with van der Waals surface area (Å²) in [7, 11) is 4.13. The zero-order valence-corrected chi connectivity index (χ0v) is 40.2. The lowest BCUT2D eigenvalue weighted by molar-refractivity contribution is 0.340. The van der Waals surface area contributed by atoms with E-state index in [1.807, 2.05) is 31.8 Å². The number of nitrogens with zero attached hydrogens (tertiary/aromatic N) is 4. The van der Waals surface area contributed by atoms with Crippen LogP contribution in [0.4, 0.5) is 0 Å². The lowest BCUT2D eigenvalue weighted by Gasteiger charge is -2.22. The molecule has 11 aromatic rings. The summed E-state index contributed by atoms with van der Waals surface area (Å²) < 4.78 is 2.05. The molecular weight excluding hydrogens is 875 g/mol. The molecule has 1 N–H and O–H groups in total. The van der Waals surface area contributed by atoms with E-state index in [-0.39, 0.29) is 6.17 Å². The van der Waals surface area contributed by atoms with Gasteiger partial charge in [0, 0.05) is 61.8 Å². The molecule has 3 heterocycles. The van der Waals surface area contributed by atoms with Crippen molar-refractivity contribution in [3.8, 4) is 112 Å². The molecule has 72 heavy (non-hydrogen) atoms. The molecular formula is C67H51N5. The number of hydrogen-bond acceptors (Lipinski definition) is 4. The highest BCUT2D eigenvalue weighted by molar-refractivity contribution is 5.94. The van der Waals surface area contributed by atoms with E-state index < -0.39 is 0 Å². The molecule has 1 aliphatic rings. The predicted molar refractivity (Wildman–Crippen MR) is 298 cm³/mol.